The summed E-state index contributed by atoms with van der Waals surface area (Å²) in [5.74, 6) is 1.44. The molecule has 1 aromatic rings. The lowest BCUT2D eigenvalue weighted by Gasteiger charge is -2.16. The molecule has 1 saturated carbocycles. The van der Waals surface area contributed by atoms with E-state index < -0.39 is 9.03 Å². The van der Waals surface area contributed by atoms with E-state index in [1.165, 1.54) is 25.7 Å². The molecule has 0 aromatic carbocycles. The quantitative estimate of drug-likeness (QED) is 0.460. The van der Waals surface area contributed by atoms with Crippen molar-refractivity contribution in [2.75, 3.05) is 30.9 Å². The van der Waals surface area contributed by atoms with Crippen molar-refractivity contribution in [1.82, 2.24) is 9.97 Å². The first-order valence-corrected chi connectivity index (χ1v) is 8.41. The number of anilines is 1. The first kappa shape index (κ1) is 17.6. The topological polar surface area (TPSA) is 58.5 Å². The molecule has 0 saturated heterocycles. The molecule has 0 amide bonds. The summed E-state index contributed by atoms with van der Waals surface area (Å²) in [7, 11) is 1.43. The number of nitrogens with zero attached hydrogens (tertiary/aromatic N) is 3. The van der Waals surface area contributed by atoms with E-state index in [4.69, 9.17) is 9.42 Å². The summed E-state index contributed by atoms with van der Waals surface area (Å²) in [6.45, 7) is 1.11. The van der Waals surface area contributed by atoms with Crippen molar-refractivity contribution >= 4 is 27.6 Å². The molecule has 1 heterocycles. The number of likely N-dealkylation sites (N-methyl/N-ethyl adjacent to an activating group) is 1. The van der Waals surface area contributed by atoms with Crippen molar-refractivity contribution in [1.29, 1.82) is 0 Å². The highest BCUT2D eigenvalue weighted by atomic mass is 32.1. The molecule has 0 radical (unpaired) electrons. The van der Waals surface area contributed by atoms with Crippen LogP contribution >= 0.6 is 21.7 Å². The van der Waals surface area contributed by atoms with Crippen LogP contribution in [0.5, 0.6) is 0 Å². The molecule has 1 fully saturated rings. The minimum Gasteiger partial charge on any atom is -0.352 e. The Kier molecular flexibility index (Phi) is 9.93. The Bertz CT molecular complexity index is 363. The highest BCUT2D eigenvalue weighted by Gasteiger charge is 2.04. The molecule has 1 unspecified atom stereocenters. The van der Waals surface area contributed by atoms with Gasteiger partial charge in [0.2, 0.25) is 5.95 Å². The Morgan fingerprint density at radius 1 is 1.40 bits per heavy atom. The molecule has 114 valence electrons. The Morgan fingerprint density at radius 3 is 2.65 bits per heavy atom. The van der Waals surface area contributed by atoms with E-state index in [1.807, 2.05) is 18.0 Å². The summed E-state index contributed by atoms with van der Waals surface area (Å²) in [5, 5.41) is 0. The molecule has 1 aliphatic carbocycles. The molecule has 0 bridgehead atoms. The van der Waals surface area contributed by atoms with Crippen LogP contribution in [0.3, 0.4) is 0 Å². The van der Waals surface area contributed by atoms with E-state index >= 15 is 0 Å². The first-order valence-electron chi connectivity index (χ1n) is 6.92. The minimum atomic E-state index is -0.465. The lowest BCUT2D eigenvalue weighted by Crippen LogP contribution is -2.24. The smallest absolute Gasteiger partial charge is 0.225 e. The molecular formula is C13H24N3O2PS. The largest absolute Gasteiger partial charge is 0.352 e. The van der Waals surface area contributed by atoms with Crippen LogP contribution in [0, 0.1) is 0 Å². The number of aromatic nitrogens is 2. The van der Waals surface area contributed by atoms with Gasteiger partial charge in [-0.25, -0.2) is 9.97 Å². The molecule has 1 atom stereocenters. The lowest BCUT2D eigenvalue weighted by molar-refractivity contribution is 0.333. The maximum atomic E-state index is 8.51. The molecular weight excluding hydrogens is 293 g/mol. The van der Waals surface area contributed by atoms with Crippen LogP contribution in [0.25, 0.3) is 0 Å². The number of hydrogen-bond donors (Lipinski definition) is 2. The molecule has 1 aromatic heterocycles. The molecule has 5 nitrogen and oxygen atoms in total. The van der Waals surface area contributed by atoms with Crippen LogP contribution < -0.4 is 4.90 Å². The molecule has 2 rings (SSSR count). The molecule has 1 aliphatic rings. The number of hydrogen-bond acceptors (Lipinski definition) is 6. The van der Waals surface area contributed by atoms with Gasteiger partial charge in [0.25, 0.3) is 0 Å². The van der Waals surface area contributed by atoms with Gasteiger partial charge in [0, 0.05) is 25.5 Å². The van der Waals surface area contributed by atoms with Crippen LogP contribution in [0.15, 0.2) is 12.3 Å². The second-order valence-electron chi connectivity index (χ2n) is 4.60. The minimum absolute atomic E-state index is 0.464. The average molecular weight is 317 g/mol. The summed E-state index contributed by atoms with van der Waals surface area (Å²) in [5.41, 5.74) is 0.983. The number of aryl methyl sites for hydroxylation is 1. The van der Waals surface area contributed by atoms with Gasteiger partial charge in [0.1, 0.15) is 0 Å². The summed E-state index contributed by atoms with van der Waals surface area (Å²) >= 11 is 4.17. The van der Waals surface area contributed by atoms with Gasteiger partial charge in [-0.15, -0.1) is 0 Å². The van der Waals surface area contributed by atoms with Crippen LogP contribution in [0.2, 0.25) is 0 Å². The Balaban J connectivity index is 0.000000425. The normalized spacial score (nSPS) is 13.8. The van der Waals surface area contributed by atoms with Gasteiger partial charge < -0.3 is 14.3 Å². The third kappa shape index (κ3) is 7.39. The van der Waals surface area contributed by atoms with Crippen molar-refractivity contribution in [2.24, 2.45) is 0 Å². The standard InChI is InChI=1S/C9H16N3O2PS.C4H8/c1-12(5-6-14-15-13)9-10-4-2-8(11-9)3-7-16;1-2-4-3-1/h2,4,13,15-16H,3,5-7H2,1H3;1-4H2. The first-order chi connectivity index (χ1) is 9.77. The maximum Gasteiger partial charge on any atom is 0.225 e. The third-order valence-electron chi connectivity index (χ3n) is 3.00. The lowest BCUT2D eigenvalue weighted by atomic mass is 10.0. The summed E-state index contributed by atoms with van der Waals surface area (Å²) in [4.78, 5) is 19.0. The molecule has 1 N–H and O–H groups in total. The predicted octanol–water partition coefficient (Wildman–Crippen LogP) is 2.46. The van der Waals surface area contributed by atoms with Gasteiger partial charge in [-0.2, -0.15) is 12.6 Å². The molecule has 0 aliphatic heterocycles. The highest BCUT2D eigenvalue weighted by molar-refractivity contribution is 7.80. The second kappa shape index (κ2) is 11.3. The average Bonchev–Trinajstić information content (AvgIpc) is 2.38. The summed E-state index contributed by atoms with van der Waals surface area (Å²) in [6, 6.07) is 1.89. The monoisotopic (exact) mass is 317 g/mol. The molecule has 20 heavy (non-hydrogen) atoms. The van der Waals surface area contributed by atoms with E-state index in [-0.39, 0.29) is 0 Å². The third-order valence-corrected chi connectivity index (χ3v) is 3.56. The fourth-order valence-corrected chi connectivity index (χ4v) is 1.81. The molecule has 0 spiro atoms. The number of rotatable bonds is 7. The Morgan fingerprint density at radius 2 is 2.10 bits per heavy atom. The second-order valence-corrected chi connectivity index (χ2v) is 5.52. The van der Waals surface area contributed by atoms with E-state index in [1.54, 1.807) is 6.20 Å². The van der Waals surface area contributed by atoms with Crippen LogP contribution in [0.4, 0.5) is 5.95 Å². The van der Waals surface area contributed by atoms with Crippen LogP contribution in [-0.2, 0) is 10.9 Å². The number of thiol groups is 1. The van der Waals surface area contributed by atoms with Crippen molar-refractivity contribution in [3.8, 4) is 0 Å². The maximum absolute atomic E-state index is 8.51. The van der Waals surface area contributed by atoms with Gasteiger partial charge in [-0.1, -0.05) is 25.7 Å². The van der Waals surface area contributed by atoms with Gasteiger partial charge in [-0.3, -0.25) is 0 Å². The zero-order chi connectivity index (χ0) is 14.6. The molecule has 7 heteroatoms. The van der Waals surface area contributed by atoms with Crippen molar-refractivity contribution in [3.63, 3.8) is 0 Å². The van der Waals surface area contributed by atoms with E-state index in [9.17, 15) is 0 Å². The summed E-state index contributed by atoms with van der Waals surface area (Å²) < 4.78 is 4.88. The predicted molar refractivity (Wildman–Crippen MR) is 87.8 cm³/mol. The Hall–Kier alpha value is -0.420. The highest BCUT2D eigenvalue weighted by Crippen LogP contribution is 2.15. The van der Waals surface area contributed by atoms with E-state index in [2.05, 4.69) is 22.6 Å². The zero-order valence-corrected chi connectivity index (χ0v) is 13.9. The van der Waals surface area contributed by atoms with Crippen LogP contribution in [0.1, 0.15) is 31.4 Å². The summed E-state index contributed by atoms with van der Waals surface area (Å²) in [6.07, 6.45) is 8.58. The van der Waals surface area contributed by atoms with Gasteiger partial charge in [0.05, 0.1) is 6.61 Å². The van der Waals surface area contributed by atoms with E-state index in [0.717, 1.165) is 17.9 Å². The van der Waals surface area contributed by atoms with Crippen molar-refractivity contribution < 1.29 is 9.42 Å². The van der Waals surface area contributed by atoms with Gasteiger partial charge >= 0.3 is 0 Å². The van der Waals surface area contributed by atoms with E-state index in [0.29, 0.717) is 19.1 Å². The fourth-order valence-electron chi connectivity index (χ4n) is 1.40. The zero-order valence-electron chi connectivity index (χ0n) is 12.0. The van der Waals surface area contributed by atoms with Crippen molar-refractivity contribution in [3.05, 3.63) is 18.0 Å². The van der Waals surface area contributed by atoms with Crippen molar-refractivity contribution in [2.45, 2.75) is 32.1 Å². The van der Waals surface area contributed by atoms with Gasteiger partial charge in [0.15, 0.2) is 9.03 Å². The van der Waals surface area contributed by atoms with Gasteiger partial charge in [-0.05, 0) is 18.2 Å². The SMILES string of the molecule is C1CCC1.CN(CCOPO)c1nccc(CCS)n1. The fraction of sp³-hybridized carbons (Fsp3) is 0.692. The Labute approximate surface area is 128 Å². The van der Waals surface area contributed by atoms with Crippen LogP contribution in [-0.4, -0.2) is 40.8 Å².